The molecule has 23 heavy (non-hydrogen) atoms. The van der Waals surface area contributed by atoms with Crippen molar-refractivity contribution in [2.24, 2.45) is 21.6 Å². The molecular formula is C12H19N5O5P+. The van der Waals surface area contributed by atoms with Crippen molar-refractivity contribution in [3.8, 4) is 0 Å². The molecule has 5 N–H and O–H groups in total. The molecule has 3 rings (SSSR count). The van der Waals surface area contributed by atoms with Crippen LogP contribution in [0.25, 0.3) is 6.08 Å². The van der Waals surface area contributed by atoms with Gasteiger partial charge < -0.3 is 10.5 Å². The molecule has 10 nitrogen and oxygen atoms in total. The molecule has 3 heterocycles. The Bertz CT molecular complexity index is 714. The van der Waals surface area contributed by atoms with E-state index < -0.39 is 14.3 Å². The summed E-state index contributed by atoms with van der Waals surface area (Å²) in [7, 11) is -4.25. The van der Waals surface area contributed by atoms with Crippen LogP contribution in [0.4, 0.5) is 0 Å². The monoisotopic (exact) mass is 344 g/mol. The van der Waals surface area contributed by atoms with E-state index in [0.717, 1.165) is 0 Å². The molecule has 2 aliphatic rings. The summed E-state index contributed by atoms with van der Waals surface area (Å²) in [5, 5.41) is 0.636. The van der Waals surface area contributed by atoms with Gasteiger partial charge in [-0.1, -0.05) is 6.92 Å². The van der Waals surface area contributed by atoms with Crippen molar-refractivity contribution >= 4 is 20.6 Å². The van der Waals surface area contributed by atoms with Crippen LogP contribution in [0, 0.1) is 5.92 Å². The van der Waals surface area contributed by atoms with Gasteiger partial charge >= 0.3 is 8.17 Å². The molecule has 0 saturated carbocycles. The molecule has 1 fully saturated rings. The van der Waals surface area contributed by atoms with Gasteiger partial charge in [0.05, 0.1) is 12.4 Å². The van der Waals surface area contributed by atoms with Gasteiger partial charge in [0.15, 0.2) is 5.49 Å². The first-order chi connectivity index (χ1) is 10.8. The SMILES string of the molecule is CC1C[C@@H](CO[P+](O)(O)O)O[C@H]1n1cnc2c1=NC=NC(N)C=2. The lowest BCUT2D eigenvalue weighted by Gasteiger charge is -2.16. The molecule has 4 atom stereocenters. The van der Waals surface area contributed by atoms with Crippen LogP contribution in [0.3, 0.4) is 0 Å². The van der Waals surface area contributed by atoms with E-state index in [9.17, 15) is 0 Å². The second kappa shape index (κ2) is 6.33. The number of ether oxygens (including phenoxy) is 1. The lowest BCUT2D eigenvalue weighted by molar-refractivity contribution is -0.0349. The van der Waals surface area contributed by atoms with E-state index in [1.54, 1.807) is 17.0 Å². The first-order valence-corrected chi connectivity index (χ1v) is 8.67. The lowest BCUT2D eigenvalue weighted by Crippen LogP contribution is -2.35. The Morgan fingerprint density at radius 1 is 1.48 bits per heavy atom. The zero-order chi connectivity index (χ0) is 16.6. The normalized spacial score (nSPS) is 30.5. The number of rotatable bonds is 4. The molecule has 0 aromatic carbocycles. The van der Waals surface area contributed by atoms with Crippen LogP contribution in [0.5, 0.6) is 0 Å². The van der Waals surface area contributed by atoms with Crippen LogP contribution in [0.1, 0.15) is 19.6 Å². The Labute approximate surface area is 132 Å². The summed E-state index contributed by atoms with van der Waals surface area (Å²) in [6, 6.07) is 0. The minimum Gasteiger partial charge on any atom is -0.352 e. The van der Waals surface area contributed by atoms with Gasteiger partial charge in [-0.15, -0.1) is 0 Å². The van der Waals surface area contributed by atoms with Crippen molar-refractivity contribution in [3.63, 3.8) is 0 Å². The summed E-state index contributed by atoms with van der Waals surface area (Å²) in [6.45, 7) is 1.89. The first kappa shape index (κ1) is 16.6. The van der Waals surface area contributed by atoms with Gasteiger partial charge in [0.1, 0.15) is 30.7 Å². The fraction of sp³-hybridized carbons (Fsp3) is 0.583. The quantitative estimate of drug-likeness (QED) is 0.471. The van der Waals surface area contributed by atoms with E-state index in [1.165, 1.54) is 6.34 Å². The summed E-state index contributed by atoms with van der Waals surface area (Å²) in [5.41, 5.74) is 6.37. The van der Waals surface area contributed by atoms with E-state index in [2.05, 4.69) is 19.5 Å². The molecule has 0 aliphatic carbocycles. The maximum absolute atomic E-state index is 8.89. The second-order valence-electron chi connectivity index (χ2n) is 5.58. The van der Waals surface area contributed by atoms with E-state index in [4.69, 9.17) is 25.2 Å². The van der Waals surface area contributed by atoms with E-state index >= 15 is 0 Å². The van der Waals surface area contributed by atoms with Gasteiger partial charge in [-0.25, -0.2) is 9.98 Å². The highest BCUT2D eigenvalue weighted by Crippen LogP contribution is 2.46. The third-order valence-corrected chi connectivity index (χ3v) is 4.20. The first-order valence-electron chi connectivity index (χ1n) is 7.10. The molecule has 2 aliphatic heterocycles. The third-order valence-electron chi connectivity index (χ3n) is 3.70. The Kier molecular flexibility index (Phi) is 4.56. The van der Waals surface area contributed by atoms with Crippen molar-refractivity contribution < 1.29 is 23.9 Å². The van der Waals surface area contributed by atoms with Crippen LogP contribution in [-0.2, 0) is 9.26 Å². The van der Waals surface area contributed by atoms with Gasteiger partial charge in [-0.05, 0) is 12.5 Å². The number of imidazole rings is 1. The molecule has 1 saturated heterocycles. The summed E-state index contributed by atoms with van der Waals surface area (Å²) in [6.07, 6.45) is 4.18. The third kappa shape index (κ3) is 3.81. The predicted octanol–water partition coefficient (Wildman–Crippen LogP) is -1.80. The number of nitrogens with two attached hydrogens (primary N) is 1. The molecule has 0 radical (unpaired) electrons. The summed E-state index contributed by atoms with van der Waals surface area (Å²) < 4.78 is 12.3. The van der Waals surface area contributed by atoms with Crippen LogP contribution in [0.15, 0.2) is 16.3 Å². The van der Waals surface area contributed by atoms with Crippen molar-refractivity contribution in [1.29, 1.82) is 0 Å². The summed E-state index contributed by atoms with van der Waals surface area (Å²) in [4.78, 5) is 39.2. The Hall–Kier alpha value is -1.26. The Morgan fingerprint density at radius 3 is 3.00 bits per heavy atom. The minimum atomic E-state index is -4.25. The van der Waals surface area contributed by atoms with Crippen molar-refractivity contribution in [2.45, 2.75) is 31.8 Å². The second-order valence-corrected chi connectivity index (χ2v) is 6.87. The molecule has 1 aromatic rings. The highest BCUT2D eigenvalue weighted by atomic mass is 31.2. The predicted molar refractivity (Wildman–Crippen MR) is 81.2 cm³/mol. The Balaban J connectivity index is 1.80. The topological polar surface area (TPSA) is 148 Å². The summed E-state index contributed by atoms with van der Waals surface area (Å²) in [5.74, 6) is 0.120. The maximum atomic E-state index is 8.89. The van der Waals surface area contributed by atoms with E-state index in [-0.39, 0.29) is 24.9 Å². The zero-order valence-electron chi connectivity index (χ0n) is 12.4. The fourth-order valence-electron chi connectivity index (χ4n) is 2.72. The maximum Gasteiger partial charge on any atom is 0.567 e. The summed E-state index contributed by atoms with van der Waals surface area (Å²) >= 11 is 0. The molecule has 126 valence electrons. The molecular weight excluding hydrogens is 325 g/mol. The number of aromatic nitrogens is 2. The van der Waals surface area contributed by atoms with Gasteiger partial charge in [0.2, 0.25) is 0 Å². The Morgan fingerprint density at radius 2 is 2.26 bits per heavy atom. The zero-order valence-corrected chi connectivity index (χ0v) is 13.3. The van der Waals surface area contributed by atoms with Crippen LogP contribution < -0.4 is 16.6 Å². The molecule has 0 amide bonds. The van der Waals surface area contributed by atoms with Crippen molar-refractivity contribution in [1.82, 2.24) is 9.55 Å². The van der Waals surface area contributed by atoms with Gasteiger partial charge in [0, 0.05) is 5.92 Å². The van der Waals surface area contributed by atoms with Gasteiger partial charge in [0.25, 0.3) is 0 Å². The van der Waals surface area contributed by atoms with Gasteiger partial charge in [-0.2, -0.15) is 19.2 Å². The smallest absolute Gasteiger partial charge is 0.352 e. The van der Waals surface area contributed by atoms with Crippen molar-refractivity contribution in [3.05, 3.63) is 17.2 Å². The molecule has 1 aromatic heterocycles. The average molecular weight is 344 g/mol. The standard InChI is InChI=1S/C12H19N5O5P/c1-7-2-8(4-21-23(18,19)20)22-12(7)17-6-16-9-3-10(13)14-5-15-11(9)17/h3,5-8,10,12,18-20H,2,4,13H2,1H3/q+1/t7?,8-,10?,12+/m0/s1. The molecule has 0 bridgehead atoms. The molecule has 2 unspecified atom stereocenters. The number of aliphatic imine (C=N–C) groups is 1. The van der Waals surface area contributed by atoms with Gasteiger partial charge in [-0.3, -0.25) is 9.56 Å². The number of hydrogen-bond acceptors (Lipinski definition) is 9. The van der Waals surface area contributed by atoms with Crippen LogP contribution in [-0.4, -0.2) is 49.4 Å². The minimum absolute atomic E-state index is 0.107. The van der Waals surface area contributed by atoms with Crippen LogP contribution in [0.2, 0.25) is 0 Å². The largest absolute Gasteiger partial charge is 0.567 e. The van der Waals surface area contributed by atoms with Crippen molar-refractivity contribution in [2.75, 3.05) is 6.61 Å². The average Bonchev–Trinajstić information content (AvgIpc) is 2.94. The van der Waals surface area contributed by atoms with E-state index in [1.807, 2.05) is 6.92 Å². The molecule has 0 spiro atoms. The highest BCUT2D eigenvalue weighted by Gasteiger charge is 2.39. The number of fused-ring (bicyclic) bond motifs is 1. The van der Waals surface area contributed by atoms with E-state index in [0.29, 0.717) is 17.3 Å². The number of hydrogen-bond donors (Lipinski definition) is 4. The molecule has 11 heteroatoms. The number of nitrogens with zero attached hydrogens (tertiary/aromatic N) is 4. The fourth-order valence-corrected chi connectivity index (χ4v) is 3.09. The lowest BCUT2D eigenvalue weighted by atomic mass is 10.1. The highest BCUT2D eigenvalue weighted by molar-refractivity contribution is 7.53. The van der Waals surface area contributed by atoms with Crippen LogP contribution >= 0.6 is 8.17 Å².